The van der Waals surface area contributed by atoms with E-state index >= 15 is 0 Å². The Labute approximate surface area is 88.1 Å². The quantitative estimate of drug-likeness (QED) is 0.723. The van der Waals surface area contributed by atoms with Crippen molar-refractivity contribution in [1.29, 1.82) is 0 Å². The van der Waals surface area contributed by atoms with Crippen molar-refractivity contribution in [2.75, 3.05) is 26.2 Å². The number of nitrogens with one attached hydrogen (secondary N) is 1. The molecule has 0 radical (unpaired) electrons. The average Bonchev–Trinajstić information content (AvgIpc) is 2.65. The summed E-state index contributed by atoms with van der Waals surface area (Å²) in [6, 6.07) is 0.823. The van der Waals surface area contributed by atoms with E-state index in [0.29, 0.717) is 0 Å². The second kappa shape index (κ2) is 4.63. The van der Waals surface area contributed by atoms with E-state index in [-0.39, 0.29) is 0 Å². The molecule has 0 aromatic carbocycles. The van der Waals surface area contributed by atoms with E-state index < -0.39 is 0 Å². The van der Waals surface area contributed by atoms with Crippen molar-refractivity contribution in [3.05, 3.63) is 0 Å². The van der Waals surface area contributed by atoms with Crippen LogP contribution >= 0.6 is 0 Å². The SMILES string of the molecule is CCC1CCCN(C2CNCC2C)C1. The molecule has 1 N–H and O–H groups in total. The van der Waals surface area contributed by atoms with Gasteiger partial charge in [0.05, 0.1) is 0 Å². The summed E-state index contributed by atoms with van der Waals surface area (Å²) in [5.74, 6) is 1.82. The Hall–Kier alpha value is -0.0800. The zero-order chi connectivity index (χ0) is 9.97. The molecule has 14 heavy (non-hydrogen) atoms. The van der Waals surface area contributed by atoms with Crippen LogP contribution in [0, 0.1) is 11.8 Å². The van der Waals surface area contributed by atoms with Gasteiger partial charge >= 0.3 is 0 Å². The molecule has 3 unspecified atom stereocenters. The summed E-state index contributed by atoms with van der Waals surface area (Å²) in [6.45, 7) is 9.86. The van der Waals surface area contributed by atoms with Gasteiger partial charge in [-0.2, -0.15) is 0 Å². The number of hydrogen-bond donors (Lipinski definition) is 1. The standard InChI is InChI=1S/C12H24N2/c1-3-11-5-4-6-14(9-11)12-8-13-7-10(12)2/h10-13H,3-9H2,1-2H3. The van der Waals surface area contributed by atoms with Gasteiger partial charge in [-0.1, -0.05) is 20.3 Å². The van der Waals surface area contributed by atoms with Gasteiger partial charge in [-0.15, -0.1) is 0 Å². The predicted molar refractivity (Wildman–Crippen MR) is 60.4 cm³/mol. The maximum Gasteiger partial charge on any atom is 0.0258 e. The fourth-order valence-electron chi connectivity index (χ4n) is 3.02. The average molecular weight is 196 g/mol. The second-order valence-corrected chi connectivity index (χ2v) is 5.11. The summed E-state index contributed by atoms with van der Waals surface area (Å²) in [4.78, 5) is 2.74. The highest BCUT2D eigenvalue weighted by Crippen LogP contribution is 2.24. The van der Waals surface area contributed by atoms with Gasteiger partial charge in [0.15, 0.2) is 0 Å². The molecule has 2 rings (SSSR count). The van der Waals surface area contributed by atoms with Gasteiger partial charge in [-0.3, -0.25) is 4.90 Å². The van der Waals surface area contributed by atoms with Crippen LogP contribution in [0.4, 0.5) is 0 Å². The second-order valence-electron chi connectivity index (χ2n) is 5.11. The van der Waals surface area contributed by atoms with Crippen LogP contribution in [0.25, 0.3) is 0 Å². The Bertz CT molecular complexity index is 181. The third kappa shape index (κ3) is 2.12. The summed E-state index contributed by atoms with van der Waals surface area (Å²) in [6.07, 6.45) is 4.24. The molecular weight excluding hydrogens is 172 g/mol. The molecule has 2 nitrogen and oxygen atoms in total. The number of likely N-dealkylation sites (tertiary alicyclic amines) is 1. The third-order valence-corrected chi connectivity index (χ3v) is 4.07. The fraction of sp³-hybridized carbons (Fsp3) is 1.00. The van der Waals surface area contributed by atoms with Gasteiger partial charge in [-0.05, 0) is 37.8 Å². The molecule has 0 spiro atoms. The summed E-state index contributed by atoms with van der Waals surface area (Å²) >= 11 is 0. The molecule has 2 heteroatoms. The zero-order valence-electron chi connectivity index (χ0n) is 9.63. The molecule has 0 aliphatic carbocycles. The number of piperidine rings is 1. The lowest BCUT2D eigenvalue weighted by atomic mass is 9.93. The first-order chi connectivity index (χ1) is 6.81. The first-order valence-electron chi connectivity index (χ1n) is 6.26. The molecule has 3 atom stereocenters. The molecule has 0 aromatic heterocycles. The van der Waals surface area contributed by atoms with Gasteiger partial charge in [0.1, 0.15) is 0 Å². The topological polar surface area (TPSA) is 15.3 Å². The highest BCUT2D eigenvalue weighted by molar-refractivity contribution is 4.88. The van der Waals surface area contributed by atoms with Gasteiger partial charge < -0.3 is 5.32 Å². The Morgan fingerprint density at radius 3 is 2.86 bits per heavy atom. The maximum absolute atomic E-state index is 3.51. The van der Waals surface area contributed by atoms with Crippen LogP contribution in [0.3, 0.4) is 0 Å². The van der Waals surface area contributed by atoms with Crippen LogP contribution in [-0.2, 0) is 0 Å². The summed E-state index contributed by atoms with van der Waals surface area (Å²) in [7, 11) is 0. The van der Waals surface area contributed by atoms with Crippen LogP contribution in [0.5, 0.6) is 0 Å². The largest absolute Gasteiger partial charge is 0.315 e. The van der Waals surface area contributed by atoms with Gasteiger partial charge in [0.2, 0.25) is 0 Å². The van der Waals surface area contributed by atoms with E-state index in [0.717, 1.165) is 17.9 Å². The molecule has 2 aliphatic rings. The van der Waals surface area contributed by atoms with Crippen molar-refractivity contribution < 1.29 is 0 Å². The van der Waals surface area contributed by atoms with Crippen molar-refractivity contribution in [2.45, 2.75) is 39.2 Å². The minimum Gasteiger partial charge on any atom is -0.315 e. The molecule has 0 bridgehead atoms. The number of rotatable bonds is 2. The highest BCUT2D eigenvalue weighted by Gasteiger charge is 2.31. The van der Waals surface area contributed by atoms with Crippen molar-refractivity contribution in [3.63, 3.8) is 0 Å². The number of hydrogen-bond acceptors (Lipinski definition) is 2. The minimum atomic E-state index is 0.823. The molecular formula is C12H24N2. The first-order valence-corrected chi connectivity index (χ1v) is 6.26. The lowest BCUT2D eigenvalue weighted by Gasteiger charge is -2.37. The van der Waals surface area contributed by atoms with Crippen molar-refractivity contribution in [2.24, 2.45) is 11.8 Å². The van der Waals surface area contributed by atoms with Crippen LogP contribution in [0.2, 0.25) is 0 Å². The van der Waals surface area contributed by atoms with Crippen LogP contribution in [0.1, 0.15) is 33.1 Å². The maximum atomic E-state index is 3.51. The zero-order valence-corrected chi connectivity index (χ0v) is 9.63. The highest BCUT2D eigenvalue weighted by atomic mass is 15.2. The van der Waals surface area contributed by atoms with Crippen LogP contribution in [0.15, 0.2) is 0 Å². The summed E-state index contributed by atoms with van der Waals surface area (Å²) in [5, 5.41) is 3.51. The smallest absolute Gasteiger partial charge is 0.0258 e. The van der Waals surface area contributed by atoms with E-state index in [1.807, 2.05) is 0 Å². The Kier molecular flexibility index (Phi) is 3.45. The molecule has 0 amide bonds. The molecule has 2 fully saturated rings. The Morgan fingerprint density at radius 2 is 2.21 bits per heavy atom. The Balaban J connectivity index is 1.90. The van der Waals surface area contributed by atoms with E-state index in [2.05, 4.69) is 24.1 Å². The summed E-state index contributed by atoms with van der Waals surface area (Å²) in [5.41, 5.74) is 0. The molecule has 82 valence electrons. The molecule has 0 aromatic rings. The van der Waals surface area contributed by atoms with E-state index in [4.69, 9.17) is 0 Å². The fourth-order valence-corrected chi connectivity index (χ4v) is 3.02. The third-order valence-electron chi connectivity index (χ3n) is 4.07. The normalized spacial score (nSPS) is 40.3. The van der Waals surface area contributed by atoms with Crippen molar-refractivity contribution in [3.8, 4) is 0 Å². The van der Waals surface area contributed by atoms with Gasteiger partial charge in [-0.25, -0.2) is 0 Å². The summed E-state index contributed by atoms with van der Waals surface area (Å²) < 4.78 is 0. The van der Waals surface area contributed by atoms with E-state index in [9.17, 15) is 0 Å². The van der Waals surface area contributed by atoms with Crippen molar-refractivity contribution in [1.82, 2.24) is 10.2 Å². The monoisotopic (exact) mass is 196 g/mol. The molecule has 2 aliphatic heterocycles. The lowest BCUT2D eigenvalue weighted by molar-refractivity contribution is 0.110. The molecule has 2 heterocycles. The number of nitrogens with zero attached hydrogens (tertiary/aromatic N) is 1. The molecule has 0 saturated carbocycles. The molecule has 2 saturated heterocycles. The van der Waals surface area contributed by atoms with E-state index in [1.165, 1.54) is 45.4 Å². The Morgan fingerprint density at radius 1 is 1.36 bits per heavy atom. The van der Waals surface area contributed by atoms with Crippen LogP contribution < -0.4 is 5.32 Å². The predicted octanol–water partition coefficient (Wildman–Crippen LogP) is 1.72. The van der Waals surface area contributed by atoms with Crippen molar-refractivity contribution >= 4 is 0 Å². The van der Waals surface area contributed by atoms with Crippen LogP contribution in [-0.4, -0.2) is 37.1 Å². The minimum absolute atomic E-state index is 0.823. The lowest BCUT2D eigenvalue weighted by Crippen LogP contribution is -2.45. The van der Waals surface area contributed by atoms with Gasteiger partial charge in [0, 0.05) is 19.1 Å². The van der Waals surface area contributed by atoms with E-state index in [1.54, 1.807) is 0 Å². The first kappa shape index (κ1) is 10.4. The van der Waals surface area contributed by atoms with Gasteiger partial charge in [0.25, 0.3) is 0 Å².